The summed E-state index contributed by atoms with van der Waals surface area (Å²) in [5.41, 5.74) is 0.226. The lowest BCUT2D eigenvalue weighted by molar-refractivity contribution is 0.0782. The maximum absolute atomic E-state index is 14.1. The molecule has 0 saturated carbocycles. The third kappa shape index (κ3) is 2.94. The maximum atomic E-state index is 14.1. The van der Waals surface area contributed by atoms with Gasteiger partial charge < -0.3 is 9.88 Å². The molecule has 27 heavy (non-hydrogen) atoms. The molecule has 2 aromatic rings. The van der Waals surface area contributed by atoms with Crippen molar-refractivity contribution in [2.75, 3.05) is 19.6 Å². The van der Waals surface area contributed by atoms with Crippen LogP contribution < -0.4 is 5.56 Å². The monoisotopic (exact) mass is 392 g/mol. The van der Waals surface area contributed by atoms with Gasteiger partial charge in [0.2, 0.25) is 10.0 Å². The zero-order valence-corrected chi connectivity index (χ0v) is 15.2. The molecule has 2 aliphatic heterocycles. The van der Waals surface area contributed by atoms with E-state index in [1.807, 2.05) is 0 Å². The first-order chi connectivity index (χ1) is 12.8. The Morgan fingerprint density at radius 3 is 2.78 bits per heavy atom. The number of nitrogens with zero attached hydrogens (tertiary/aromatic N) is 3. The summed E-state index contributed by atoms with van der Waals surface area (Å²) >= 11 is 0. The number of nitrogens with one attached hydrogen (secondary N) is 1. The molecule has 2 saturated heterocycles. The Hall–Kier alpha value is -2.59. The number of aryl methyl sites for hydroxylation is 1. The van der Waals surface area contributed by atoms with Crippen molar-refractivity contribution in [3.63, 3.8) is 0 Å². The molecule has 8 nitrogen and oxygen atoms in total. The fourth-order valence-corrected chi connectivity index (χ4v) is 5.50. The largest absolute Gasteiger partial charge is 0.335 e. The number of carbonyl (C=O) groups excluding carboxylic acids is 1. The number of hydrogen-bond acceptors (Lipinski definition) is 5. The van der Waals surface area contributed by atoms with Gasteiger partial charge in [0.15, 0.2) is 0 Å². The van der Waals surface area contributed by atoms with Crippen LogP contribution >= 0.6 is 0 Å². The van der Waals surface area contributed by atoms with Crippen molar-refractivity contribution in [1.82, 2.24) is 19.2 Å². The minimum absolute atomic E-state index is 0.0131. The van der Waals surface area contributed by atoms with Crippen LogP contribution in [0.5, 0.6) is 0 Å². The zero-order chi connectivity index (χ0) is 19.3. The average Bonchev–Trinajstić information content (AvgIpc) is 2.92. The summed E-state index contributed by atoms with van der Waals surface area (Å²) in [6.45, 7) is 2.49. The Balaban J connectivity index is 1.55. The van der Waals surface area contributed by atoms with E-state index in [0.717, 1.165) is 18.5 Å². The molecule has 2 atom stereocenters. The predicted octanol–water partition coefficient (Wildman–Crippen LogP) is 0.363. The molecule has 1 amide bonds. The van der Waals surface area contributed by atoms with Crippen molar-refractivity contribution in [3.05, 3.63) is 58.0 Å². The molecule has 0 spiro atoms. The number of hydrogen-bond donors (Lipinski definition) is 1. The van der Waals surface area contributed by atoms with Crippen LogP contribution in [0.3, 0.4) is 0 Å². The third-order valence-corrected chi connectivity index (χ3v) is 6.95. The van der Waals surface area contributed by atoms with Crippen LogP contribution in [0.1, 0.15) is 16.1 Å². The molecule has 1 aromatic carbocycles. The van der Waals surface area contributed by atoms with Gasteiger partial charge in [0.05, 0.1) is 6.33 Å². The van der Waals surface area contributed by atoms with Crippen LogP contribution in [0.2, 0.25) is 0 Å². The summed E-state index contributed by atoms with van der Waals surface area (Å²) in [5, 5.41) is 0. The average molecular weight is 392 g/mol. The lowest BCUT2D eigenvalue weighted by Gasteiger charge is -2.41. The number of likely N-dealkylation sites (tertiary alicyclic amines) is 1. The molecule has 3 heterocycles. The highest BCUT2D eigenvalue weighted by Gasteiger charge is 2.52. The number of benzene rings is 1. The van der Waals surface area contributed by atoms with Crippen LogP contribution in [-0.4, -0.2) is 59.2 Å². The van der Waals surface area contributed by atoms with Crippen molar-refractivity contribution in [2.45, 2.75) is 17.9 Å². The lowest BCUT2D eigenvalue weighted by atomic mass is 9.96. The quantitative estimate of drug-likeness (QED) is 0.813. The predicted molar refractivity (Wildman–Crippen MR) is 93.1 cm³/mol. The molecule has 1 aromatic heterocycles. The lowest BCUT2D eigenvalue weighted by Crippen LogP contribution is -2.57. The molecule has 0 radical (unpaired) electrons. The van der Waals surface area contributed by atoms with Gasteiger partial charge in [-0.05, 0) is 24.6 Å². The number of aromatic nitrogens is 2. The normalized spacial score (nSPS) is 22.4. The number of halogens is 1. The van der Waals surface area contributed by atoms with E-state index in [1.54, 1.807) is 6.92 Å². The first kappa shape index (κ1) is 17.8. The van der Waals surface area contributed by atoms with Gasteiger partial charge in [-0.15, -0.1) is 0 Å². The van der Waals surface area contributed by atoms with Gasteiger partial charge >= 0.3 is 0 Å². The maximum Gasteiger partial charge on any atom is 0.272 e. The van der Waals surface area contributed by atoms with E-state index in [9.17, 15) is 22.4 Å². The molecule has 4 rings (SSSR count). The number of sulfonamides is 1. The molecule has 10 heteroatoms. The number of rotatable bonds is 3. The van der Waals surface area contributed by atoms with Gasteiger partial charge in [-0.2, -0.15) is 4.31 Å². The van der Waals surface area contributed by atoms with Crippen LogP contribution in [0.15, 0.2) is 40.3 Å². The second-order valence-corrected chi connectivity index (χ2v) is 8.70. The topological polar surface area (TPSA) is 103 Å². The smallest absolute Gasteiger partial charge is 0.272 e. The molecule has 0 unspecified atom stereocenters. The van der Waals surface area contributed by atoms with E-state index in [1.165, 1.54) is 21.3 Å². The molecule has 2 fully saturated rings. The van der Waals surface area contributed by atoms with Crippen LogP contribution in [0.4, 0.5) is 4.39 Å². The number of amides is 1. The van der Waals surface area contributed by atoms with Crippen LogP contribution in [-0.2, 0) is 10.0 Å². The first-order valence-electron chi connectivity index (χ1n) is 8.39. The summed E-state index contributed by atoms with van der Waals surface area (Å²) in [6.07, 6.45) is 1.15. The molecule has 0 bridgehead atoms. The fraction of sp³-hybridized carbons (Fsp3) is 0.353. The van der Waals surface area contributed by atoms with Crippen LogP contribution in [0.25, 0.3) is 0 Å². The van der Waals surface area contributed by atoms with Crippen molar-refractivity contribution < 1.29 is 17.6 Å². The Labute approximate surface area is 154 Å². The van der Waals surface area contributed by atoms with E-state index in [2.05, 4.69) is 9.97 Å². The minimum Gasteiger partial charge on any atom is -0.335 e. The fourth-order valence-electron chi connectivity index (χ4n) is 3.61. The molecular weight excluding hydrogens is 375 g/mol. The van der Waals surface area contributed by atoms with Gasteiger partial charge in [0.25, 0.3) is 11.5 Å². The van der Waals surface area contributed by atoms with E-state index in [4.69, 9.17) is 0 Å². The second kappa shape index (κ2) is 6.24. The van der Waals surface area contributed by atoms with Crippen molar-refractivity contribution >= 4 is 15.9 Å². The molecule has 142 valence electrons. The Morgan fingerprint density at radius 1 is 1.26 bits per heavy atom. The molecule has 1 N–H and O–H groups in total. The van der Waals surface area contributed by atoms with E-state index < -0.39 is 33.3 Å². The zero-order valence-electron chi connectivity index (χ0n) is 14.4. The van der Waals surface area contributed by atoms with E-state index in [0.29, 0.717) is 12.1 Å². The highest BCUT2D eigenvalue weighted by molar-refractivity contribution is 7.89. The van der Waals surface area contributed by atoms with Gasteiger partial charge in [-0.1, -0.05) is 6.07 Å². The Bertz CT molecular complexity index is 1080. The molecule has 2 aliphatic rings. The highest BCUT2D eigenvalue weighted by Crippen LogP contribution is 2.37. The highest BCUT2D eigenvalue weighted by atomic mass is 32.2. The van der Waals surface area contributed by atoms with E-state index in [-0.39, 0.29) is 29.6 Å². The SMILES string of the molecule is Cc1ccc(F)c(S(=O)(=O)N2C[C@@H]3CN(C(=O)c4cc(=O)[nH]cn4)C[C@H]32)c1. The standard InChI is InChI=1S/C17H17FN4O4S/c1-10-2-3-12(18)15(4-10)27(25,26)22-7-11-6-21(8-14(11)22)17(24)13-5-16(23)20-9-19-13/h2-5,9,11,14H,6-8H2,1H3,(H,19,20,23)/t11-,14+/m0/s1. The van der Waals surface area contributed by atoms with E-state index >= 15 is 0 Å². The van der Waals surface area contributed by atoms with Crippen LogP contribution in [0, 0.1) is 18.7 Å². The number of fused-ring (bicyclic) bond motifs is 1. The number of aromatic amines is 1. The van der Waals surface area contributed by atoms with Crippen molar-refractivity contribution in [2.24, 2.45) is 5.92 Å². The first-order valence-corrected chi connectivity index (χ1v) is 9.83. The second-order valence-electron chi connectivity index (χ2n) is 6.84. The van der Waals surface area contributed by atoms with Gasteiger partial charge in [0.1, 0.15) is 16.4 Å². The van der Waals surface area contributed by atoms with Crippen molar-refractivity contribution in [1.29, 1.82) is 0 Å². The molecular formula is C17H17FN4O4S. The van der Waals surface area contributed by atoms with Crippen molar-refractivity contribution in [3.8, 4) is 0 Å². The van der Waals surface area contributed by atoms with Gasteiger partial charge in [0, 0.05) is 37.7 Å². The summed E-state index contributed by atoms with van der Waals surface area (Å²) < 4.78 is 41.0. The summed E-state index contributed by atoms with van der Waals surface area (Å²) in [4.78, 5) is 31.2. The number of carbonyl (C=O) groups is 1. The summed E-state index contributed by atoms with van der Waals surface area (Å²) in [7, 11) is -3.98. The van der Waals surface area contributed by atoms with Gasteiger partial charge in [-0.25, -0.2) is 17.8 Å². The summed E-state index contributed by atoms with van der Waals surface area (Å²) in [5.74, 6) is -1.23. The molecule has 0 aliphatic carbocycles. The summed E-state index contributed by atoms with van der Waals surface area (Å²) in [6, 6.07) is 4.68. The third-order valence-electron chi connectivity index (χ3n) is 5.05. The Kier molecular flexibility index (Phi) is 4.11. The van der Waals surface area contributed by atoms with Gasteiger partial charge in [-0.3, -0.25) is 9.59 Å². The minimum atomic E-state index is -3.98. The Morgan fingerprint density at radius 2 is 2.04 bits per heavy atom. The number of H-pyrrole nitrogens is 1.